The van der Waals surface area contributed by atoms with Crippen LogP contribution in [0.2, 0.25) is 0 Å². The van der Waals surface area contributed by atoms with E-state index in [4.69, 9.17) is 5.41 Å². The number of hydrogen-bond donors (Lipinski definition) is 1. The standard InChI is InChI=1S/C25H30N2/c1-15-12-17(3)23(13-15)22-11-9-20(27(6)7)14-24(22)25(26)21-10-8-16(2)18(4)19(21)5/h8-14,23,26H,1-7H3. The Balaban J connectivity index is 2.18. The molecule has 1 N–H and O–H groups in total. The number of nitrogens with one attached hydrogen (secondary N) is 1. The molecule has 0 saturated heterocycles. The van der Waals surface area contributed by atoms with Crippen LogP contribution in [0, 0.1) is 26.2 Å². The van der Waals surface area contributed by atoms with Crippen LogP contribution in [0.1, 0.15) is 53.1 Å². The topological polar surface area (TPSA) is 27.1 Å². The van der Waals surface area contributed by atoms with Gasteiger partial charge >= 0.3 is 0 Å². The Bertz CT molecular complexity index is 974. The molecule has 2 aromatic carbocycles. The normalized spacial score (nSPS) is 16.2. The first kappa shape index (κ1) is 19.2. The Morgan fingerprint density at radius 2 is 1.59 bits per heavy atom. The maximum atomic E-state index is 9.08. The summed E-state index contributed by atoms with van der Waals surface area (Å²) in [6.07, 6.45) is 4.56. The third-order valence-electron chi connectivity index (χ3n) is 5.86. The molecule has 2 heteroatoms. The van der Waals surface area contributed by atoms with Crippen molar-refractivity contribution in [2.24, 2.45) is 0 Å². The van der Waals surface area contributed by atoms with Crippen LogP contribution >= 0.6 is 0 Å². The lowest BCUT2D eigenvalue weighted by molar-refractivity contribution is 1.00. The minimum atomic E-state index is 0.253. The van der Waals surface area contributed by atoms with E-state index in [1.54, 1.807) is 0 Å². The maximum absolute atomic E-state index is 9.08. The molecule has 140 valence electrons. The van der Waals surface area contributed by atoms with E-state index in [2.05, 4.69) is 96.1 Å². The van der Waals surface area contributed by atoms with Gasteiger partial charge in [-0.25, -0.2) is 0 Å². The van der Waals surface area contributed by atoms with Crippen LogP contribution in [-0.4, -0.2) is 19.8 Å². The highest BCUT2D eigenvalue weighted by atomic mass is 15.1. The summed E-state index contributed by atoms with van der Waals surface area (Å²) < 4.78 is 0. The molecule has 0 radical (unpaired) electrons. The van der Waals surface area contributed by atoms with Crippen molar-refractivity contribution in [1.29, 1.82) is 5.41 Å². The predicted molar refractivity (Wildman–Crippen MR) is 118 cm³/mol. The molecule has 0 heterocycles. The summed E-state index contributed by atoms with van der Waals surface area (Å²) in [6, 6.07) is 10.8. The second-order valence-corrected chi connectivity index (χ2v) is 8.00. The summed E-state index contributed by atoms with van der Waals surface area (Å²) in [5.41, 5.74) is 11.4. The molecule has 2 aromatic rings. The number of allylic oxidation sites excluding steroid dienone is 4. The summed E-state index contributed by atoms with van der Waals surface area (Å²) in [5, 5.41) is 9.08. The van der Waals surface area contributed by atoms with Crippen molar-refractivity contribution in [1.82, 2.24) is 0 Å². The number of benzene rings is 2. The second-order valence-electron chi connectivity index (χ2n) is 8.00. The Hall–Kier alpha value is -2.61. The molecule has 27 heavy (non-hydrogen) atoms. The minimum absolute atomic E-state index is 0.253. The third kappa shape index (κ3) is 3.49. The lowest BCUT2D eigenvalue weighted by Crippen LogP contribution is -2.14. The van der Waals surface area contributed by atoms with E-state index in [9.17, 15) is 0 Å². The van der Waals surface area contributed by atoms with Gasteiger partial charge in [0.25, 0.3) is 0 Å². The number of anilines is 1. The Labute approximate surface area is 163 Å². The molecule has 0 fully saturated rings. The average molecular weight is 359 g/mol. The summed E-state index contributed by atoms with van der Waals surface area (Å²) in [7, 11) is 4.10. The van der Waals surface area contributed by atoms with Crippen LogP contribution in [0.25, 0.3) is 0 Å². The van der Waals surface area contributed by atoms with E-state index in [1.165, 1.54) is 33.4 Å². The van der Waals surface area contributed by atoms with Crippen molar-refractivity contribution < 1.29 is 0 Å². The molecule has 2 nitrogen and oxygen atoms in total. The van der Waals surface area contributed by atoms with Gasteiger partial charge in [-0.2, -0.15) is 0 Å². The summed E-state index contributed by atoms with van der Waals surface area (Å²) in [5.74, 6) is 0.253. The molecule has 1 atom stereocenters. The van der Waals surface area contributed by atoms with E-state index in [-0.39, 0.29) is 5.92 Å². The molecule has 0 aromatic heterocycles. The van der Waals surface area contributed by atoms with Gasteiger partial charge < -0.3 is 4.90 Å². The van der Waals surface area contributed by atoms with Gasteiger partial charge in [0, 0.05) is 36.8 Å². The van der Waals surface area contributed by atoms with Gasteiger partial charge in [0.1, 0.15) is 0 Å². The lowest BCUT2D eigenvalue weighted by atomic mass is 9.85. The monoisotopic (exact) mass is 358 g/mol. The first-order valence-corrected chi connectivity index (χ1v) is 9.54. The van der Waals surface area contributed by atoms with E-state index in [0.717, 1.165) is 16.8 Å². The summed E-state index contributed by atoms with van der Waals surface area (Å²) >= 11 is 0. The molecule has 0 spiro atoms. The van der Waals surface area contributed by atoms with Gasteiger partial charge in [0.15, 0.2) is 0 Å². The zero-order valence-electron chi connectivity index (χ0n) is 17.6. The average Bonchev–Trinajstić information content (AvgIpc) is 2.96. The van der Waals surface area contributed by atoms with E-state index >= 15 is 0 Å². The van der Waals surface area contributed by atoms with E-state index < -0.39 is 0 Å². The maximum Gasteiger partial charge on any atom is 0.0691 e. The highest BCUT2D eigenvalue weighted by molar-refractivity contribution is 6.13. The molecular formula is C25H30N2. The molecule has 0 amide bonds. The molecular weight excluding hydrogens is 328 g/mol. The SMILES string of the molecule is CC1=CC(c2ccc(N(C)C)cc2C(=N)c2ccc(C)c(C)c2C)C(C)=C1. The van der Waals surface area contributed by atoms with Gasteiger partial charge in [-0.3, -0.25) is 5.41 Å². The van der Waals surface area contributed by atoms with Crippen LogP contribution in [0.5, 0.6) is 0 Å². The van der Waals surface area contributed by atoms with Gasteiger partial charge in [0.2, 0.25) is 0 Å². The van der Waals surface area contributed by atoms with E-state index in [1.807, 2.05) is 0 Å². The van der Waals surface area contributed by atoms with Crippen molar-refractivity contribution in [2.75, 3.05) is 19.0 Å². The largest absolute Gasteiger partial charge is 0.378 e. The third-order valence-corrected chi connectivity index (χ3v) is 5.86. The van der Waals surface area contributed by atoms with Crippen molar-refractivity contribution in [3.8, 4) is 0 Å². The Kier molecular flexibility index (Phi) is 5.10. The van der Waals surface area contributed by atoms with Crippen LogP contribution in [0.3, 0.4) is 0 Å². The smallest absolute Gasteiger partial charge is 0.0691 e. The second kappa shape index (κ2) is 7.19. The predicted octanol–water partition coefficient (Wildman–Crippen LogP) is 6.08. The van der Waals surface area contributed by atoms with E-state index in [0.29, 0.717) is 5.71 Å². The number of nitrogens with zero attached hydrogens (tertiary/aromatic N) is 1. The molecule has 3 rings (SSSR count). The molecule has 1 aliphatic rings. The van der Waals surface area contributed by atoms with Crippen molar-refractivity contribution in [2.45, 2.75) is 40.5 Å². The van der Waals surface area contributed by atoms with Crippen LogP contribution < -0.4 is 4.90 Å². The van der Waals surface area contributed by atoms with Gasteiger partial charge in [-0.1, -0.05) is 41.5 Å². The van der Waals surface area contributed by atoms with Crippen molar-refractivity contribution in [3.05, 3.63) is 87.0 Å². The number of hydrogen-bond acceptors (Lipinski definition) is 2. The zero-order chi connectivity index (χ0) is 19.9. The quantitative estimate of drug-likeness (QED) is 0.658. The fourth-order valence-electron chi connectivity index (χ4n) is 3.91. The molecule has 0 bridgehead atoms. The van der Waals surface area contributed by atoms with Crippen molar-refractivity contribution in [3.63, 3.8) is 0 Å². The molecule has 0 saturated carbocycles. The first-order valence-electron chi connectivity index (χ1n) is 9.54. The number of rotatable bonds is 4. The lowest BCUT2D eigenvalue weighted by Gasteiger charge is -2.22. The van der Waals surface area contributed by atoms with Crippen molar-refractivity contribution >= 4 is 11.4 Å². The first-order chi connectivity index (χ1) is 12.7. The Morgan fingerprint density at radius 3 is 2.19 bits per heavy atom. The van der Waals surface area contributed by atoms with Crippen LogP contribution in [-0.2, 0) is 0 Å². The fraction of sp³-hybridized carbons (Fsp3) is 0.320. The fourth-order valence-corrected chi connectivity index (χ4v) is 3.91. The Morgan fingerprint density at radius 1 is 0.889 bits per heavy atom. The molecule has 1 aliphatic carbocycles. The number of aryl methyl sites for hydroxylation is 1. The van der Waals surface area contributed by atoms with Crippen LogP contribution in [0.4, 0.5) is 5.69 Å². The van der Waals surface area contributed by atoms with Gasteiger partial charge in [0.05, 0.1) is 5.71 Å². The summed E-state index contributed by atoms with van der Waals surface area (Å²) in [4.78, 5) is 2.10. The highest BCUT2D eigenvalue weighted by Gasteiger charge is 2.23. The van der Waals surface area contributed by atoms with Gasteiger partial charge in [-0.15, -0.1) is 0 Å². The molecule has 0 aliphatic heterocycles. The summed E-state index contributed by atoms with van der Waals surface area (Å²) in [6.45, 7) is 10.7. The highest BCUT2D eigenvalue weighted by Crippen LogP contribution is 2.37. The molecule has 1 unspecified atom stereocenters. The minimum Gasteiger partial charge on any atom is -0.378 e. The van der Waals surface area contributed by atoms with Gasteiger partial charge in [-0.05, 0) is 69.0 Å². The zero-order valence-corrected chi connectivity index (χ0v) is 17.6. The van der Waals surface area contributed by atoms with Crippen LogP contribution in [0.15, 0.2) is 53.6 Å².